The van der Waals surface area contributed by atoms with Crippen LogP contribution in [0.3, 0.4) is 0 Å². The van der Waals surface area contributed by atoms with Crippen LogP contribution >= 0.6 is 0 Å². The standard InChI is InChI=1S/C23H25N7O2/c1-23(2,3)19-14-20(30(26-19)17-10-6-5-7-11-17)24-21(31)15-29-27-22(25-28-29)16-9-8-12-18(13-16)32-4/h5-14H,15H2,1-4H3,(H,24,31). The van der Waals surface area contributed by atoms with E-state index in [9.17, 15) is 4.79 Å². The molecule has 0 fully saturated rings. The van der Waals surface area contributed by atoms with Gasteiger partial charge in [0.05, 0.1) is 18.5 Å². The molecule has 0 atom stereocenters. The first-order chi connectivity index (χ1) is 15.3. The third-order valence-electron chi connectivity index (χ3n) is 4.81. The first kappa shape index (κ1) is 21.2. The predicted octanol–water partition coefficient (Wildman–Crippen LogP) is 3.47. The quantitative estimate of drug-likeness (QED) is 0.502. The number of tetrazole rings is 1. The average molecular weight is 432 g/mol. The lowest BCUT2D eigenvalue weighted by atomic mass is 9.92. The second-order valence-electron chi connectivity index (χ2n) is 8.34. The lowest BCUT2D eigenvalue weighted by Crippen LogP contribution is -2.22. The Morgan fingerprint density at radius 2 is 1.81 bits per heavy atom. The van der Waals surface area contributed by atoms with E-state index in [4.69, 9.17) is 9.84 Å². The highest BCUT2D eigenvalue weighted by Gasteiger charge is 2.22. The fourth-order valence-corrected chi connectivity index (χ4v) is 3.10. The van der Waals surface area contributed by atoms with Crippen molar-refractivity contribution >= 4 is 11.7 Å². The van der Waals surface area contributed by atoms with Crippen molar-refractivity contribution < 1.29 is 9.53 Å². The van der Waals surface area contributed by atoms with Gasteiger partial charge in [-0.15, -0.1) is 10.2 Å². The number of carbonyl (C=O) groups excluding carboxylic acids is 1. The van der Waals surface area contributed by atoms with Gasteiger partial charge in [0.25, 0.3) is 0 Å². The Morgan fingerprint density at radius 1 is 1.03 bits per heavy atom. The number of nitrogens with one attached hydrogen (secondary N) is 1. The van der Waals surface area contributed by atoms with Crippen molar-refractivity contribution in [3.05, 3.63) is 66.4 Å². The molecule has 2 aromatic heterocycles. The maximum atomic E-state index is 12.8. The van der Waals surface area contributed by atoms with Gasteiger partial charge in [0.15, 0.2) is 0 Å². The number of hydrogen-bond donors (Lipinski definition) is 1. The molecule has 0 unspecified atom stereocenters. The lowest BCUT2D eigenvalue weighted by Gasteiger charge is -2.14. The second-order valence-corrected chi connectivity index (χ2v) is 8.34. The first-order valence-corrected chi connectivity index (χ1v) is 10.2. The number of benzene rings is 2. The molecule has 0 saturated carbocycles. The fraction of sp³-hybridized carbons (Fsp3) is 0.261. The van der Waals surface area contributed by atoms with Crippen LogP contribution in [0.5, 0.6) is 5.75 Å². The molecule has 32 heavy (non-hydrogen) atoms. The van der Waals surface area contributed by atoms with E-state index >= 15 is 0 Å². The number of amides is 1. The third-order valence-corrected chi connectivity index (χ3v) is 4.81. The van der Waals surface area contributed by atoms with Crippen LogP contribution < -0.4 is 10.1 Å². The molecule has 0 aliphatic heterocycles. The Labute approximate surface area is 186 Å². The number of hydrogen-bond acceptors (Lipinski definition) is 6. The fourth-order valence-electron chi connectivity index (χ4n) is 3.10. The molecular weight excluding hydrogens is 406 g/mol. The number of rotatable bonds is 6. The molecule has 0 radical (unpaired) electrons. The van der Waals surface area contributed by atoms with Crippen molar-refractivity contribution in [2.24, 2.45) is 0 Å². The van der Waals surface area contributed by atoms with E-state index in [0.717, 1.165) is 16.9 Å². The molecule has 164 valence electrons. The molecule has 9 heteroatoms. The molecule has 0 aliphatic carbocycles. The summed E-state index contributed by atoms with van der Waals surface area (Å²) in [6.07, 6.45) is 0. The normalized spacial score (nSPS) is 11.4. The van der Waals surface area contributed by atoms with Gasteiger partial charge in [0.2, 0.25) is 11.7 Å². The average Bonchev–Trinajstić information content (AvgIpc) is 3.41. The molecule has 0 bridgehead atoms. The van der Waals surface area contributed by atoms with Crippen molar-refractivity contribution in [2.75, 3.05) is 12.4 Å². The van der Waals surface area contributed by atoms with E-state index in [2.05, 4.69) is 41.5 Å². The van der Waals surface area contributed by atoms with Crippen molar-refractivity contribution in [1.82, 2.24) is 30.0 Å². The summed E-state index contributed by atoms with van der Waals surface area (Å²) >= 11 is 0. The number of methoxy groups -OCH3 is 1. The molecule has 4 rings (SSSR count). The van der Waals surface area contributed by atoms with Crippen LogP contribution in [0.1, 0.15) is 26.5 Å². The highest BCUT2D eigenvalue weighted by atomic mass is 16.5. The maximum absolute atomic E-state index is 12.8. The Hall–Kier alpha value is -4.01. The molecule has 9 nitrogen and oxygen atoms in total. The zero-order chi connectivity index (χ0) is 22.7. The van der Waals surface area contributed by atoms with E-state index in [1.165, 1.54) is 4.80 Å². The van der Waals surface area contributed by atoms with Gasteiger partial charge in [0, 0.05) is 17.0 Å². The summed E-state index contributed by atoms with van der Waals surface area (Å²) in [5.74, 6) is 1.41. The van der Waals surface area contributed by atoms with E-state index in [1.54, 1.807) is 11.8 Å². The number of anilines is 1. The van der Waals surface area contributed by atoms with Crippen molar-refractivity contribution in [2.45, 2.75) is 32.7 Å². The minimum absolute atomic E-state index is 0.0816. The summed E-state index contributed by atoms with van der Waals surface area (Å²) in [4.78, 5) is 14.0. The van der Waals surface area contributed by atoms with Crippen LogP contribution in [0.2, 0.25) is 0 Å². The number of nitrogens with zero attached hydrogens (tertiary/aromatic N) is 6. The SMILES string of the molecule is COc1cccc(-c2nnn(CC(=O)Nc3cc(C(C)(C)C)nn3-c3ccccc3)n2)c1. The van der Waals surface area contributed by atoms with Gasteiger partial charge in [0.1, 0.15) is 18.1 Å². The van der Waals surface area contributed by atoms with E-state index in [0.29, 0.717) is 17.4 Å². The Bertz CT molecular complexity index is 1220. The number of aromatic nitrogens is 6. The minimum Gasteiger partial charge on any atom is -0.497 e. The summed E-state index contributed by atoms with van der Waals surface area (Å²) in [6.45, 7) is 6.16. The van der Waals surface area contributed by atoms with Crippen LogP contribution in [0.15, 0.2) is 60.7 Å². The Balaban J connectivity index is 1.53. The molecule has 0 saturated heterocycles. The molecule has 4 aromatic rings. The van der Waals surface area contributed by atoms with Crippen LogP contribution in [0, 0.1) is 0 Å². The van der Waals surface area contributed by atoms with Crippen LogP contribution in [-0.4, -0.2) is 43.0 Å². The van der Waals surface area contributed by atoms with Crippen molar-refractivity contribution in [1.29, 1.82) is 0 Å². The molecule has 2 heterocycles. The summed E-state index contributed by atoms with van der Waals surface area (Å²) in [5.41, 5.74) is 2.32. The van der Waals surface area contributed by atoms with Gasteiger partial charge in [-0.05, 0) is 29.5 Å². The largest absolute Gasteiger partial charge is 0.497 e. The Kier molecular flexibility index (Phi) is 5.72. The van der Waals surface area contributed by atoms with E-state index < -0.39 is 0 Å². The zero-order valence-electron chi connectivity index (χ0n) is 18.5. The highest BCUT2D eigenvalue weighted by molar-refractivity contribution is 5.90. The zero-order valence-corrected chi connectivity index (χ0v) is 18.5. The summed E-state index contributed by atoms with van der Waals surface area (Å²) in [5, 5.41) is 20.0. The van der Waals surface area contributed by atoms with Gasteiger partial charge in [-0.1, -0.05) is 51.1 Å². The van der Waals surface area contributed by atoms with Crippen LogP contribution in [-0.2, 0) is 16.8 Å². The summed E-state index contributed by atoms with van der Waals surface area (Å²) < 4.78 is 6.96. The Morgan fingerprint density at radius 3 is 2.53 bits per heavy atom. The summed E-state index contributed by atoms with van der Waals surface area (Å²) in [7, 11) is 1.60. The lowest BCUT2D eigenvalue weighted by molar-refractivity contribution is -0.117. The predicted molar refractivity (Wildman–Crippen MR) is 121 cm³/mol. The second kappa shape index (κ2) is 8.62. The smallest absolute Gasteiger partial charge is 0.249 e. The van der Waals surface area contributed by atoms with Crippen LogP contribution in [0.4, 0.5) is 5.82 Å². The number of ether oxygens (including phenoxy) is 1. The van der Waals surface area contributed by atoms with Crippen molar-refractivity contribution in [3.8, 4) is 22.8 Å². The van der Waals surface area contributed by atoms with Gasteiger partial charge in [-0.2, -0.15) is 9.90 Å². The molecule has 2 aromatic carbocycles. The summed E-state index contributed by atoms with van der Waals surface area (Å²) in [6, 6.07) is 18.9. The maximum Gasteiger partial charge on any atom is 0.249 e. The molecular formula is C23H25N7O2. The number of carbonyl (C=O) groups is 1. The topological polar surface area (TPSA) is 99.8 Å². The van der Waals surface area contributed by atoms with Gasteiger partial charge in [-0.3, -0.25) is 4.79 Å². The molecule has 0 spiro atoms. The van der Waals surface area contributed by atoms with Crippen LogP contribution in [0.25, 0.3) is 17.1 Å². The van der Waals surface area contributed by atoms with Crippen molar-refractivity contribution in [3.63, 3.8) is 0 Å². The first-order valence-electron chi connectivity index (χ1n) is 10.2. The third kappa shape index (κ3) is 4.66. The highest BCUT2D eigenvalue weighted by Crippen LogP contribution is 2.26. The number of para-hydroxylation sites is 1. The molecule has 0 aliphatic rings. The molecule has 1 amide bonds. The van der Waals surface area contributed by atoms with Gasteiger partial charge < -0.3 is 10.1 Å². The van der Waals surface area contributed by atoms with E-state index in [-0.39, 0.29) is 17.9 Å². The molecule has 1 N–H and O–H groups in total. The monoisotopic (exact) mass is 431 g/mol. The minimum atomic E-state index is -0.280. The van der Waals surface area contributed by atoms with E-state index in [1.807, 2.05) is 60.7 Å². The van der Waals surface area contributed by atoms with Gasteiger partial charge >= 0.3 is 0 Å². The van der Waals surface area contributed by atoms with Gasteiger partial charge in [-0.25, -0.2) is 4.68 Å².